The first-order valence-corrected chi connectivity index (χ1v) is 3.80. The number of carbonyl (C=O) groups is 1. The van der Waals surface area contributed by atoms with Gasteiger partial charge < -0.3 is 14.9 Å². The fourth-order valence-corrected chi connectivity index (χ4v) is 1.43. The maximum absolute atomic E-state index is 11.2. The van der Waals surface area contributed by atoms with Crippen LogP contribution in [0.25, 0.3) is 0 Å². The first-order valence-electron chi connectivity index (χ1n) is 3.80. The van der Waals surface area contributed by atoms with E-state index in [2.05, 4.69) is 4.74 Å². The molecule has 0 bridgehead atoms. The van der Waals surface area contributed by atoms with E-state index in [4.69, 9.17) is 0 Å². The highest BCUT2D eigenvalue weighted by atomic mass is 16.7. The van der Waals surface area contributed by atoms with Gasteiger partial charge in [-0.25, -0.2) is 4.79 Å². The molecule has 2 rings (SSSR count). The van der Waals surface area contributed by atoms with Crippen LogP contribution in [0.2, 0.25) is 0 Å². The normalized spacial score (nSPS) is 25.5. The molecule has 0 saturated heterocycles. The Morgan fingerprint density at radius 3 is 2.77 bits per heavy atom. The molecule has 1 atom stereocenters. The summed E-state index contributed by atoms with van der Waals surface area (Å²) in [6, 6.07) is 4.46. The lowest BCUT2D eigenvalue weighted by Gasteiger charge is -2.15. The lowest BCUT2D eigenvalue weighted by Crippen LogP contribution is -2.20. The van der Waals surface area contributed by atoms with Gasteiger partial charge in [-0.2, -0.15) is 0 Å². The molecule has 1 unspecified atom stereocenters. The molecule has 1 aliphatic rings. The molecule has 13 heavy (non-hydrogen) atoms. The molecular formula is C9H8O4. The number of ether oxygens (including phenoxy) is 1. The number of hydrogen-bond acceptors (Lipinski definition) is 4. The highest BCUT2D eigenvalue weighted by molar-refractivity contribution is 5.97. The number of phenols is 1. The third-order valence-corrected chi connectivity index (χ3v) is 2.04. The minimum absolute atomic E-state index is 0.0486. The molecule has 0 aromatic heterocycles. The smallest absolute Gasteiger partial charge is 0.345 e. The topological polar surface area (TPSA) is 66.8 Å². The summed E-state index contributed by atoms with van der Waals surface area (Å²) in [6.45, 7) is 1.36. The van der Waals surface area contributed by atoms with Gasteiger partial charge in [-0.3, -0.25) is 0 Å². The molecule has 2 N–H and O–H groups in total. The predicted molar refractivity (Wildman–Crippen MR) is 43.1 cm³/mol. The lowest BCUT2D eigenvalue weighted by molar-refractivity contribution is -0.147. The third kappa shape index (κ3) is 0.990. The molecular weight excluding hydrogens is 172 g/mol. The van der Waals surface area contributed by atoms with E-state index in [1.807, 2.05) is 0 Å². The Morgan fingerprint density at radius 1 is 1.46 bits per heavy atom. The van der Waals surface area contributed by atoms with Gasteiger partial charge in [-0.1, -0.05) is 12.1 Å². The Bertz CT molecular complexity index is 381. The molecule has 4 heteroatoms. The quantitative estimate of drug-likeness (QED) is 0.577. The van der Waals surface area contributed by atoms with Crippen LogP contribution in [-0.2, 0) is 10.5 Å². The van der Waals surface area contributed by atoms with E-state index in [0.29, 0.717) is 5.56 Å². The van der Waals surface area contributed by atoms with Gasteiger partial charge in [0, 0.05) is 12.5 Å². The van der Waals surface area contributed by atoms with Crippen molar-refractivity contribution in [3.05, 3.63) is 29.3 Å². The number of esters is 1. The van der Waals surface area contributed by atoms with Gasteiger partial charge in [-0.05, 0) is 6.07 Å². The van der Waals surface area contributed by atoms with Crippen molar-refractivity contribution in [2.75, 3.05) is 0 Å². The van der Waals surface area contributed by atoms with Crippen LogP contribution in [0.3, 0.4) is 0 Å². The van der Waals surface area contributed by atoms with E-state index < -0.39 is 11.8 Å². The highest BCUT2D eigenvalue weighted by Gasteiger charge is 2.41. The maximum Gasteiger partial charge on any atom is 0.345 e. The Hall–Kier alpha value is -1.55. The molecule has 0 spiro atoms. The number of aromatic hydroxyl groups is 1. The number of aliphatic hydroxyl groups is 1. The molecule has 0 saturated carbocycles. The van der Waals surface area contributed by atoms with Gasteiger partial charge in [0.15, 0.2) is 0 Å². The van der Waals surface area contributed by atoms with E-state index in [1.54, 1.807) is 12.1 Å². The maximum atomic E-state index is 11.2. The van der Waals surface area contributed by atoms with Gasteiger partial charge in [-0.15, -0.1) is 0 Å². The summed E-state index contributed by atoms with van der Waals surface area (Å²) >= 11 is 0. The van der Waals surface area contributed by atoms with E-state index >= 15 is 0 Å². The van der Waals surface area contributed by atoms with Gasteiger partial charge in [0.2, 0.25) is 5.79 Å². The molecule has 0 fully saturated rings. The second kappa shape index (κ2) is 2.23. The number of phenolic OH excluding ortho intramolecular Hbond substituents is 1. The molecule has 0 aliphatic carbocycles. The third-order valence-electron chi connectivity index (χ3n) is 2.04. The van der Waals surface area contributed by atoms with Crippen LogP contribution >= 0.6 is 0 Å². The van der Waals surface area contributed by atoms with Crippen molar-refractivity contribution < 1.29 is 19.7 Å². The Kier molecular flexibility index (Phi) is 1.38. The summed E-state index contributed by atoms with van der Waals surface area (Å²) in [5, 5.41) is 18.9. The van der Waals surface area contributed by atoms with Crippen molar-refractivity contribution in [3.8, 4) is 5.75 Å². The number of cyclic esters (lactones) is 1. The van der Waals surface area contributed by atoms with E-state index in [-0.39, 0.29) is 11.3 Å². The van der Waals surface area contributed by atoms with E-state index in [0.717, 1.165) is 0 Å². The van der Waals surface area contributed by atoms with Crippen LogP contribution in [0, 0.1) is 0 Å². The van der Waals surface area contributed by atoms with Crippen molar-refractivity contribution in [3.63, 3.8) is 0 Å². The highest BCUT2D eigenvalue weighted by Crippen LogP contribution is 2.37. The Labute approximate surface area is 74.4 Å². The van der Waals surface area contributed by atoms with Crippen LogP contribution in [-0.4, -0.2) is 16.2 Å². The molecule has 1 aromatic carbocycles. The zero-order valence-corrected chi connectivity index (χ0v) is 6.94. The first kappa shape index (κ1) is 8.07. The molecule has 0 amide bonds. The number of rotatable bonds is 0. The van der Waals surface area contributed by atoms with Crippen LogP contribution < -0.4 is 0 Å². The van der Waals surface area contributed by atoms with Crippen LogP contribution in [0.5, 0.6) is 5.75 Å². The number of hydrogen-bond donors (Lipinski definition) is 2. The molecule has 0 radical (unpaired) electrons. The number of benzene rings is 1. The van der Waals surface area contributed by atoms with Crippen molar-refractivity contribution in [2.24, 2.45) is 0 Å². The SMILES string of the molecule is CC1(O)OC(=O)c2c(O)cccc21. The molecule has 68 valence electrons. The summed E-state index contributed by atoms with van der Waals surface area (Å²) in [7, 11) is 0. The van der Waals surface area contributed by atoms with Crippen molar-refractivity contribution >= 4 is 5.97 Å². The largest absolute Gasteiger partial charge is 0.507 e. The van der Waals surface area contributed by atoms with Gasteiger partial charge in [0.25, 0.3) is 0 Å². The number of carbonyl (C=O) groups excluding carboxylic acids is 1. The number of fused-ring (bicyclic) bond motifs is 1. The van der Waals surface area contributed by atoms with Crippen LogP contribution in [0.1, 0.15) is 22.8 Å². The van der Waals surface area contributed by atoms with E-state index in [9.17, 15) is 15.0 Å². The molecule has 1 heterocycles. The Balaban J connectivity index is 2.72. The summed E-state index contributed by atoms with van der Waals surface area (Å²) in [4.78, 5) is 11.2. The van der Waals surface area contributed by atoms with Crippen molar-refractivity contribution in [2.45, 2.75) is 12.7 Å². The average Bonchev–Trinajstić information content (AvgIpc) is 2.24. The summed E-state index contributed by atoms with van der Waals surface area (Å²) < 4.78 is 4.66. The average molecular weight is 180 g/mol. The summed E-state index contributed by atoms with van der Waals surface area (Å²) in [5.74, 6) is -2.48. The fourth-order valence-electron chi connectivity index (χ4n) is 1.43. The minimum atomic E-state index is -1.62. The van der Waals surface area contributed by atoms with Gasteiger partial charge >= 0.3 is 5.97 Å². The zero-order chi connectivity index (χ0) is 9.64. The minimum Gasteiger partial charge on any atom is -0.507 e. The second-order valence-corrected chi connectivity index (χ2v) is 3.07. The first-order chi connectivity index (χ1) is 6.02. The standard InChI is InChI=1S/C9H8O4/c1-9(12)5-3-2-4-6(10)7(5)8(11)13-9/h2-4,10,12H,1H3. The van der Waals surface area contributed by atoms with Crippen molar-refractivity contribution in [1.29, 1.82) is 0 Å². The summed E-state index contributed by atoms with van der Waals surface area (Å²) in [5.41, 5.74) is 0.352. The zero-order valence-electron chi connectivity index (χ0n) is 6.94. The predicted octanol–water partition coefficient (Wildman–Crippen LogP) is 0.728. The van der Waals surface area contributed by atoms with Crippen LogP contribution in [0.4, 0.5) is 0 Å². The second-order valence-electron chi connectivity index (χ2n) is 3.07. The monoisotopic (exact) mass is 180 g/mol. The molecule has 1 aromatic rings. The van der Waals surface area contributed by atoms with Crippen molar-refractivity contribution in [1.82, 2.24) is 0 Å². The molecule has 1 aliphatic heterocycles. The fraction of sp³-hybridized carbons (Fsp3) is 0.222. The van der Waals surface area contributed by atoms with Gasteiger partial charge in [0.1, 0.15) is 11.3 Å². The van der Waals surface area contributed by atoms with Crippen LogP contribution in [0.15, 0.2) is 18.2 Å². The lowest BCUT2D eigenvalue weighted by atomic mass is 10.0. The van der Waals surface area contributed by atoms with Gasteiger partial charge in [0.05, 0.1) is 0 Å². The van der Waals surface area contributed by atoms with E-state index in [1.165, 1.54) is 13.0 Å². The summed E-state index contributed by atoms with van der Waals surface area (Å²) in [6.07, 6.45) is 0. The Morgan fingerprint density at radius 2 is 2.15 bits per heavy atom. The molecule has 4 nitrogen and oxygen atoms in total.